The molecule has 1 aliphatic carbocycles. The van der Waals surface area contributed by atoms with E-state index in [0.29, 0.717) is 17.0 Å². The Balaban J connectivity index is 1.02. The molecule has 3 aliphatic rings. The van der Waals surface area contributed by atoms with Crippen LogP contribution >= 0.6 is 0 Å². The molecule has 1 saturated heterocycles. The average Bonchev–Trinajstić information content (AvgIpc) is 3.38. The number of fused-ring (bicyclic) bond motifs is 1. The lowest BCUT2D eigenvalue weighted by Gasteiger charge is -2.35. The number of likely N-dealkylation sites (tertiary alicyclic amines) is 1. The Morgan fingerprint density at radius 1 is 1.03 bits per heavy atom. The molecular weight excluding hydrogens is 422 g/mol. The third-order valence-electron chi connectivity index (χ3n) is 8.12. The molecule has 178 valence electrons. The van der Waals surface area contributed by atoms with Crippen molar-refractivity contribution in [1.29, 1.82) is 5.26 Å². The van der Waals surface area contributed by atoms with Gasteiger partial charge >= 0.3 is 0 Å². The highest BCUT2D eigenvalue weighted by molar-refractivity contribution is 5.94. The molecule has 1 amide bonds. The van der Waals surface area contributed by atoms with Gasteiger partial charge in [0.25, 0.3) is 5.91 Å². The quantitative estimate of drug-likeness (QED) is 0.659. The molecule has 1 saturated carbocycles. The summed E-state index contributed by atoms with van der Waals surface area (Å²) in [5.41, 5.74) is 4.22. The van der Waals surface area contributed by atoms with Gasteiger partial charge in [0, 0.05) is 23.6 Å². The molecule has 0 radical (unpaired) electrons. The summed E-state index contributed by atoms with van der Waals surface area (Å²) in [6, 6.07) is 15.9. The van der Waals surface area contributed by atoms with Gasteiger partial charge in [-0.2, -0.15) is 5.26 Å². The van der Waals surface area contributed by atoms with Crippen molar-refractivity contribution >= 4 is 5.91 Å². The van der Waals surface area contributed by atoms with Gasteiger partial charge in [-0.15, -0.1) is 0 Å². The molecule has 2 aliphatic heterocycles. The highest BCUT2D eigenvalue weighted by Gasteiger charge is 2.27. The summed E-state index contributed by atoms with van der Waals surface area (Å²) in [5.74, 6) is 2.55. The summed E-state index contributed by atoms with van der Waals surface area (Å²) in [7, 11) is 0. The molecule has 2 aromatic carbocycles. The van der Waals surface area contributed by atoms with E-state index in [0.717, 1.165) is 37.5 Å². The number of hydrogen-bond acceptors (Lipinski definition) is 4. The van der Waals surface area contributed by atoms with E-state index in [4.69, 9.17) is 10.00 Å². The van der Waals surface area contributed by atoms with Crippen LogP contribution in [0.4, 0.5) is 0 Å². The number of amides is 1. The van der Waals surface area contributed by atoms with Crippen LogP contribution in [0.5, 0.6) is 5.75 Å². The first kappa shape index (κ1) is 22.9. The molecule has 0 atom stereocenters. The number of ether oxygens (including phenoxy) is 1. The Bertz CT molecular complexity index is 1030. The number of rotatable bonds is 6. The zero-order chi connectivity index (χ0) is 23.3. The predicted molar refractivity (Wildman–Crippen MR) is 133 cm³/mol. The van der Waals surface area contributed by atoms with Crippen molar-refractivity contribution in [3.63, 3.8) is 0 Å². The predicted octanol–water partition coefficient (Wildman–Crippen LogP) is 5.05. The van der Waals surface area contributed by atoms with Gasteiger partial charge in [-0.05, 0) is 112 Å². The Morgan fingerprint density at radius 2 is 1.79 bits per heavy atom. The number of nitriles is 1. The van der Waals surface area contributed by atoms with E-state index in [1.54, 1.807) is 24.3 Å². The number of hydrogen-bond donors (Lipinski definition) is 1. The van der Waals surface area contributed by atoms with Crippen LogP contribution in [0.2, 0.25) is 0 Å². The molecule has 0 bridgehead atoms. The van der Waals surface area contributed by atoms with E-state index in [-0.39, 0.29) is 11.9 Å². The van der Waals surface area contributed by atoms with Crippen LogP contribution in [0.3, 0.4) is 0 Å². The third-order valence-corrected chi connectivity index (χ3v) is 8.12. The minimum Gasteiger partial charge on any atom is -0.493 e. The highest BCUT2D eigenvalue weighted by Crippen LogP contribution is 2.37. The summed E-state index contributed by atoms with van der Waals surface area (Å²) >= 11 is 0. The first-order valence-electron chi connectivity index (χ1n) is 13.0. The minimum absolute atomic E-state index is 0.0218. The topological polar surface area (TPSA) is 65.4 Å². The molecule has 34 heavy (non-hydrogen) atoms. The van der Waals surface area contributed by atoms with E-state index >= 15 is 0 Å². The maximum Gasteiger partial charge on any atom is 0.251 e. The van der Waals surface area contributed by atoms with Crippen molar-refractivity contribution < 1.29 is 9.53 Å². The summed E-state index contributed by atoms with van der Waals surface area (Å²) < 4.78 is 5.77. The van der Waals surface area contributed by atoms with Gasteiger partial charge in [0.1, 0.15) is 5.75 Å². The van der Waals surface area contributed by atoms with Crippen LogP contribution in [0.15, 0.2) is 42.5 Å². The Hall–Kier alpha value is -2.84. The maximum atomic E-state index is 12.5. The number of benzene rings is 2. The molecule has 5 nitrogen and oxygen atoms in total. The zero-order valence-electron chi connectivity index (χ0n) is 20.0. The fourth-order valence-corrected chi connectivity index (χ4v) is 6.02. The molecule has 5 rings (SSSR count). The lowest BCUT2D eigenvalue weighted by atomic mass is 9.83. The molecule has 1 N–H and O–H groups in total. The monoisotopic (exact) mass is 457 g/mol. The van der Waals surface area contributed by atoms with Crippen LogP contribution < -0.4 is 10.1 Å². The first-order chi connectivity index (χ1) is 16.7. The molecule has 0 spiro atoms. The molecule has 0 unspecified atom stereocenters. The van der Waals surface area contributed by atoms with Crippen molar-refractivity contribution in [1.82, 2.24) is 10.2 Å². The van der Waals surface area contributed by atoms with E-state index in [1.165, 1.54) is 62.9 Å². The van der Waals surface area contributed by atoms with Crippen molar-refractivity contribution in [3.05, 3.63) is 64.7 Å². The van der Waals surface area contributed by atoms with Gasteiger partial charge in [-0.1, -0.05) is 12.1 Å². The molecule has 5 heteroatoms. The smallest absolute Gasteiger partial charge is 0.251 e. The Morgan fingerprint density at radius 3 is 2.53 bits per heavy atom. The lowest BCUT2D eigenvalue weighted by Crippen LogP contribution is -2.38. The van der Waals surface area contributed by atoms with E-state index in [1.807, 2.05) is 0 Å². The van der Waals surface area contributed by atoms with Gasteiger partial charge in [0.15, 0.2) is 0 Å². The first-order valence-corrected chi connectivity index (χ1v) is 13.0. The molecule has 2 heterocycles. The lowest BCUT2D eigenvalue weighted by molar-refractivity contribution is 0.0919. The van der Waals surface area contributed by atoms with E-state index < -0.39 is 0 Å². The zero-order valence-corrected chi connectivity index (χ0v) is 20.0. The summed E-state index contributed by atoms with van der Waals surface area (Å²) in [4.78, 5) is 15.2. The second-order valence-electron chi connectivity index (χ2n) is 10.2. The highest BCUT2D eigenvalue weighted by atomic mass is 16.5. The van der Waals surface area contributed by atoms with Crippen LogP contribution in [0.25, 0.3) is 0 Å². The second kappa shape index (κ2) is 10.6. The number of piperidine rings is 1. The Labute approximate surface area is 203 Å². The van der Waals surface area contributed by atoms with Crippen molar-refractivity contribution in [2.75, 3.05) is 26.2 Å². The summed E-state index contributed by atoms with van der Waals surface area (Å²) in [6.45, 7) is 4.44. The van der Waals surface area contributed by atoms with Crippen LogP contribution in [0, 0.1) is 17.2 Å². The molecule has 2 aromatic rings. The fraction of sp³-hybridized carbons (Fsp3) is 0.517. The largest absolute Gasteiger partial charge is 0.493 e. The number of carbonyl (C=O) groups is 1. The third kappa shape index (κ3) is 5.28. The molecule has 2 fully saturated rings. The normalized spacial score (nSPS) is 23.0. The number of carbonyl (C=O) groups excluding carboxylic acids is 1. The van der Waals surface area contributed by atoms with Crippen LogP contribution in [0.1, 0.15) is 77.9 Å². The van der Waals surface area contributed by atoms with Gasteiger partial charge in [0.2, 0.25) is 0 Å². The van der Waals surface area contributed by atoms with E-state index in [2.05, 4.69) is 34.5 Å². The van der Waals surface area contributed by atoms with E-state index in [9.17, 15) is 4.79 Å². The minimum atomic E-state index is -0.0218. The Kier molecular flexibility index (Phi) is 7.16. The molecular formula is C29H35N3O2. The number of nitrogens with zero attached hydrogens (tertiary/aromatic N) is 2. The van der Waals surface area contributed by atoms with Crippen molar-refractivity contribution in [2.45, 2.75) is 63.3 Å². The molecule has 0 aromatic heterocycles. The number of nitrogens with one attached hydrogen (secondary N) is 1. The average molecular weight is 458 g/mol. The van der Waals surface area contributed by atoms with Crippen molar-refractivity contribution in [3.8, 4) is 11.8 Å². The van der Waals surface area contributed by atoms with Gasteiger partial charge in [-0.25, -0.2) is 0 Å². The van der Waals surface area contributed by atoms with Gasteiger partial charge in [0.05, 0.1) is 18.2 Å². The van der Waals surface area contributed by atoms with Crippen molar-refractivity contribution in [2.24, 2.45) is 5.92 Å². The second-order valence-corrected chi connectivity index (χ2v) is 10.2. The van der Waals surface area contributed by atoms with Gasteiger partial charge < -0.3 is 15.0 Å². The SMILES string of the molecule is N#Cc1ccc(C(=O)N[C@H]2CC[C@H](CCN3CCC(c4cccc5c4CCO5)CC3)CC2)cc1. The maximum absolute atomic E-state index is 12.5. The van der Waals surface area contributed by atoms with Crippen LogP contribution in [-0.2, 0) is 6.42 Å². The summed E-state index contributed by atoms with van der Waals surface area (Å²) in [5, 5.41) is 12.1. The standard InChI is InChI=1S/C29H35N3O2/c30-20-22-4-8-24(9-5-22)29(33)31-25-10-6-21(7-11-25)12-16-32-17-13-23(14-18-32)26-2-1-3-28-27(26)15-19-34-28/h1-5,8-9,21,23,25H,6-7,10-19H2,(H,31,33)/t21-,25-. The van der Waals surface area contributed by atoms with Gasteiger partial charge in [-0.3, -0.25) is 4.79 Å². The van der Waals surface area contributed by atoms with Crippen LogP contribution in [-0.4, -0.2) is 43.1 Å². The summed E-state index contributed by atoms with van der Waals surface area (Å²) in [6.07, 6.45) is 9.38. The fourth-order valence-electron chi connectivity index (χ4n) is 6.02.